The van der Waals surface area contributed by atoms with Gasteiger partial charge in [-0.05, 0) is 58.3 Å². The number of halogens is 1. The van der Waals surface area contributed by atoms with Crippen LogP contribution in [-0.4, -0.2) is 57.1 Å². The molecule has 19 heavy (non-hydrogen) atoms. The Morgan fingerprint density at radius 1 is 1.11 bits per heavy atom. The van der Waals surface area contributed by atoms with Gasteiger partial charge in [0.2, 0.25) is 0 Å². The summed E-state index contributed by atoms with van der Waals surface area (Å²) in [4.78, 5) is 4.53. The van der Waals surface area contributed by atoms with E-state index >= 15 is 0 Å². The minimum Gasteiger partial charge on any atom is -0.315 e. The van der Waals surface area contributed by atoms with Crippen LogP contribution in [0.5, 0.6) is 0 Å². The van der Waals surface area contributed by atoms with Gasteiger partial charge >= 0.3 is 0 Å². The Kier molecular flexibility index (Phi) is 8.07. The van der Waals surface area contributed by atoms with Gasteiger partial charge in [0.25, 0.3) is 0 Å². The molecular weight excluding hydrogens is 258 g/mol. The first-order valence-electron chi connectivity index (χ1n) is 6.86. The van der Waals surface area contributed by atoms with Crippen LogP contribution in [0, 0.1) is 0 Å². The molecule has 0 heterocycles. The van der Waals surface area contributed by atoms with Gasteiger partial charge in [0.15, 0.2) is 0 Å². The summed E-state index contributed by atoms with van der Waals surface area (Å²) in [5.74, 6) is 0. The SMILES string of the molecule is CN(C)CCCNCCN(C)Cc1cccc(Cl)c1. The third-order valence-corrected chi connectivity index (χ3v) is 3.21. The summed E-state index contributed by atoms with van der Waals surface area (Å²) in [5, 5.41) is 4.29. The molecule has 0 unspecified atom stereocenters. The maximum absolute atomic E-state index is 5.98. The Bertz CT molecular complexity index is 355. The Morgan fingerprint density at radius 2 is 1.89 bits per heavy atom. The van der Waals surface area contributed by atoms with Crippen molar-refractivity contribution in [2.75, 3.05) is 47.3 Å². The average molecular weight is 284 g/mol. The lowest BCUT2D eigenvalue weighted by atomic mass is 10.2. The number of nitrogens with zero attached hydrogens (tertiary/aromatic N) is 2. The van der Waals surface area contributed by atoms with Crippen LogP contribution < -0.4 is 5.32 Å². The average Bonchev–Trinajstić information content (AvgIpc) is 2.33. The Hall–Kier alpha value is -0.610. The van der Waals surface area contributed by atoms with E-state index in [4.69, 9.17) is 11.6 Å². The van der Waals surface area contributed by atoms with Crippen molar-refractivity contribution in [1.29, 1.82) is 0 Å². The maximum atomic E-state index is 5.98. The van der Waals surface area contributed by atoms with Gasteiger partial charge in [0.1, 0.15) is 0 Å². The molecule has 0 fully saturated rings. The van der Waals surface area contributed by atoms with Crippen molar-refractivity contribution in [1.82, 2.24) is 15.1 Å². The standard InChI is InChI=1S/C15H26ClN3/c1-18(2)10-5-8-17-9-11-19(3)13-14-6-4-7-15(16)12-14/h4,6-7,12,17H,5,8-11,13H2,1-3H3. The van der Waals surface area contributed by atoms with Gasteiger partial charge in [-0.25, -0.2) is 0 Å². The number of rotatable bonds is 9. The molecule has 1 N–H and O–H groups in total. The van der Waals surface area contributed by atoms with Gasteiger partial charge < -0.3 is 15.1 Å². The fraction of sp³-hybridized carbons (Fsp3) is 0.600. The van der Waals surface area contributed by atoms with Gasteiger partial charge in [0.05, 0.1) is 0 Å². The highest BCUT2D eigenvalue weighted by atomic mass is 35.5. The van der Waals surface area contributed by atoms with E-state index in [1.807, 2.05) is 18.2 Å². The van der Waals surface area contributed by atoms with Crippen molar-refractivity contribution in [3.8, 4) is 0 Å². The van der Waals surface area contributed by atoms with E-state index in [2.05, 4.69) is 42.3 Å². The molecule has 0 amide bonds. The molecule has 0 spiro atoms. The van der Waals surface area contributed by atoms with E-state index in [-0.39, 0.29) is 0 Å². The van der Waals surface area contributed by atoms with E-state index in [9.17, 15) is 0 Å². The molecule has 0 saturated carbocycles. The molecule has 3 nitrogen and oxygen atoms in total. The lowest BCUT2D eigenvalue weighted by Crippen LogP contribution is -2.30. The summed E-state index contributed by atoms with van der Waals surface area (Å²) in [7, 11) is 6.36. The Labute approximate surface area is 122 Å². The number of likely N-dealkylation sites (N-methyl/N-ethyl adjacent to an activating group) is 1. The quantitative estimate of drug-likeness (QED) is 0.702. The van der Waals surface area contributed by atoms with Crippen molar-refractivity contribution in [3.05, 3.63) is 34.9 Å². The summed E-state index contributed by atoms with van der Waals surface area (Å²) in [6.45, 7) is 5.26. The van der Waals surface area contributed by atoms with Gasteiger partial charge in [-0.1, -0.05) is 23.7 Å². The number of hydrogen-bond donors (Lipinski definition) is 1. The van der Waals surface area contributed by atoms with Crippen LogP contribution in [0.2, 0.25) is 5.02 Å². The van der Waals surface area contributed by atoms with Crippen molar-refractivity contribution in [3.63, 3.8) is 0 Å². The zero-order valence-electron chi connectivity index (χ0n) is 12.3. The monoisotopic (exact) mass is 283 g/mol. The van der Waals surface area contributed by atoms with E-state index in [1.165, 1.54) is 12.0 Å². The molecule has 1 aromatic rings. The third kappa shape index (κ3) is 8.22. The predicted molar refractivity (Wildman–Crippen MR) is 83.8 cm³/mol. The minimum absolute atomic E-state index is 0.813. The highest BCUT2D eigenvalue weighted by Gasteiger charge is 2.00. The van der Waals surface area contributed by atoms with Crippen LogP contribution >= 0.6 is 11.6 Å². The second-order valence-corrected chi connectivity index (χ2v) is 5.71. The summed E-state index contributed by atoms with van der Waals surface area (Å²) in [5.41, 5.74) is 1.27. The zero-order valence-corrected chi connectivity index (χ0v) is 13.1. The van der Waals surface area contributed by atoms with E-state index in [0.29, 0.717) is 0 Å². The summed E-state index contributed by atoms with van der Waals surface area (Å²) in [6.07, 6.45) is 1.20. The van der Waals surface area contributed by atoms with E-state index < -0.39 is 0 Å². The van der Waals surface area contributed by atoms with Crippen molar-refractivity contribution < 1.29 is 0 Å². The first-order valence-corrected chi connectivity index (χ1v) is 7.24. The number of benzene rings is 1. The first-order chi connectivity index (χ1) is 9.08. The van der Waals surface area contributed by atoms with Gasteiger partial charge in [0, 0.05) is 24.7 Å². The molecule has 0 aliphatic rings. The molecular formula is C15H26ClN3. The Balaban J connectivity index is 2.09. The van der Waals surface area contributed by atoms with Crippen LogP contribution in [-0.2, 0) is 6.54 Å². The second-order valence-electron chi connectivity index (χ2n) is 5.27. The molecule has 0 radical (unpaired) electrons. The van der Waals surface area contributed by atoms with Gasteiger partial charge in [-0.15, -0.1) is 0 Å². The zero-order chi connectivity index (χ0) is 14.1. The normalized spacial score (nSPS) is 11.5. The Morgan fingerprint density at radius 3 is 2.58 bits per heavy atom. The molecule has 1 rings (SSSR count). The van der Waals surface area contributed by atoms with Crippen LogP contribution in [0.1, 0.15) is 12.0 Å². The molecule has 108 valence electrons. The van der Waals surface area contributed by atoms with Gasteiger partial charge in [-0.3, -0.25) is 0 Å². The van der Waals surface area contributed by atoms with E-state index in [1.54, 1.807) is 0 Å². The molecule has 0 aromatic heterocycles. The topological polar surface area (TPSA) is 18.5 Å². The van der Waals surface area contributed by atoms with Crippen LogP contribution in [0.4, 0.5) is 0 Å². The molecule has 0 bridgehead atoms. The van der Waals surface area contributed by atoms with Crippen LogP contribution in [0.25, 0.3) is 0 Å². The number of nitrogens with one attached hydrogen (secondary N) is 1. The molecule has 0 saturated heterocycles. The van der Waals surface area contributed by atoms with Crippen molar-refractivity contribution >= 4 is 11.6 Å². The predicted octanol–water partition coefficient (Wildman–Crippen LogP) is 2.31. The fourth-order valence-corrected chi connectivity index (χ4v) is 2.15. The molecule has 0 aliphatic carbocycles. The first kappa shape index (κ1) is 16.4. The van der Waals surface area contributed by atoms with Crippen molar-refractivity contribution in [2.45, 2.75) is 13.0 Å². The fourth-order valence-electron chi connectivity index (χ4n) is 1.94. The maximum Gasteiger partial charge on any atom is 0.0409 e. The lowest BCUT2D eigenvalue weighted by Gasteiger charge is -2.17. The molecule has 0 aliphatic heterocycles. The van der Waals surface area contributed by atoms with E-state index in [0.717, 1.165) is 37.7 Å². The van der Waals surface area contributed by atoms with Crippen LogP contribution in [0.15, 0.2) is 24.3 Å². The summed E-state index contributed by atoms with van der Waals surface area (Å²) < 4.78 is 0. The molecule has 0 atom stereocenters. The minimum atomic E-state index is 0.813. The molecule has 4 heteroatoms. The van der Waals surface area contributed by atoms with Crippen LogP contribution in [0.3, 0.4) is 0 Å². The smallest absolute Gasteiger partial charge is 0.0409 e. The summed E-state index contributed by atoms with van der Waals surface area (Å²) >= 11 is 5.98. The highest BCUT2D eigenvalue weighted by Crippen LogP contribution is 2.11. The largest absolute Gasteiger partial charge is 0.315 e. The van der Waals surface area contributed by atoms with Gasteiger partial charge in [-0.2, -0.15) is 0 Å². The van der Waals surface area contributed by atoms with Crippen molar-refractivity contribution in [2.24, 2.45) is 0 Å². The summed E-state index contributed by atoms with van der Waals surface area (Å²) in [6, 6.07) is 8.07. The highest BCUT2D eigenvalue weighted by molar-refractivity contribution is 6.30. The molecule has 1 aromatic carbocycles. The second kappa shape index (κ2) is 9.32. The lowest BCUT2D eigenvalue weighted by molar-refractivity contribution is 0.321. The third-order valence-electron chi connectivity index (χ3n) is 2.97. The number of hydrogen-bond acceptors (Lipinski definition) is 3.